The highest BCUT2D eigenvalue weighted by Gasteiger charge is 2.16. The lowest BCUT2D eigenvalue weighted by Crippen LogP contribution is -2.28. The molecule has 158 valence electrons. The Morgan fingerprint density at radius 1 is 1.37 bits per heavy atom. The molecule has 0 aliphatic rings. The van der Waals surface area contributed by atoms with Gasteiger partial charge < -0.3 is 21.6 Å². The predicted octanol–water partition coefficient (Wildman–Crippen LogP) is 2.43. The molecule has 2 rings (SSSR count). The highest BCUT2D eigenvalue weighted by atomic mass is 16.3. The van der Waals surface area contributed by atoms with E-state index >= 15 is 0 Å². The summed E-state index contributed by atoms with van der Waals surface area (Å²) in [7, 11) is 1.55. The molecule has 30 heavy (non-hydrogen) atoms. The molecule has 1 amide bonds. The van der Waals surface area contributed by atoms with Gasteiger partial charge in [-0.05, 0) is 50.1 Å². The predicted molar refractivity (Wildman–Crippen MR) is 121 cm³/mol. The van der Waals surface area contributed by atoms with Crippen molar-refractivity contribution in [3.05, 3.63) is 51.8 Å². The van der Waals surface area contributed by atoms with Crippen molar-refractivity contribution in [2.24, 2.45) is 4.99 Å². The van der Waals surface area contributed by atoms with Gasteiger partial charge in [0, 0.05) is 37.1 Å². The molecule has 0 fully saturated rings. The fourth-order valence-electron chi connectivity index (χ4n) is 3.05. The maximum atomic E-state index is 12.8. The number of carbonyl (C=O) groups excluding carboxylic acids is 1. The number of rotatable bonds is 7. The van der Waals surface area contributed by atoms with Gasteiger partial charge in [0.1, 0.15) is 17.6 Å². The van der Waals surface area contributed by atoms with Gasteiger partial charge in [-0.25, -0.2) is 0 Å². The van der Waals surface area contributed by atoms with Gasteiger partial charge in [0.2, 0.25) is 5.91 Å². The van der Waals surface area contributed by atoms with Crippen molar-refractivity contribution in [1.29, 1.82) is 5.41 Å². The van der Waals surface area contributed by atoms with Crippen LogP contribution in [-0.2, 0) is 11.3 Å². The van der Waals surface area contributed by atoms with E-state index in [1.165, 1.54) is 16.7 Å². The fourth-order valence-corrected chi connectivity index (χ4v) is 3.05. The number of benzene rings is 1. The van der Waals surface area contributed by atoms with E-state index in [0.29, 0.717) is 23.2 Å². The number of phenolic OH excluding ortho intramolecular Hbond substituents is 1. The van der Waals surface area contributed by atoms with Gasteiger partial charge in [0.05, 0.1) is 5.56 Å². The number of amides is 1. The van der Waals surface area contributed by atoms with Crippen LogP contribution in [-0.4, -0.2) is 41.1 Å². The number of allylic oxidation sites excluding steroid dienone is 2. The quantitative estimate of drug-likeness (QED) is 0.523. The molecule has 0 saturated carbocycles. The average Bonchev–Trinajstić information content (AvgIpc) is 2.74. The third kappa shape index (κ3) is 4.48. The number of anilines is 1. The molecule has 0 spiro atoms. The van der Waals surface area contributed by atoms with E-state index in [0.717, 1.165) is 11.8 Å². The summed E-state index contributed by atoms with van der Waals surface area (Å²) < 4.78 is 1.37. The van der Waals surface area contributed by atoms with Crippen LogP contribution < -0.4 is 16.6 Å². The zero-order valence-corrected chi connectivity index (χ0v) is 17.6. The summed E-state index contributed by atoms with van der Waals surface area (Å²) in [4.78, 5) is 28.7. The zero-order chi connectivity index (χ0) is 22.4. The molecule has 5 N–H and O–H groups in total. The Kier molecular flexibility index (Phi) is 7.30. The number of pyridine rings is 1. The summed E-state index contributed by atoms with van der Waals surface area (Å²) in [6, 6.07) is 5.91. The summed E-state index contributed by atoms with van der Waals surface area (Å²) in [5, 5.41) is 20.7. The number of nitrogen functional groups attached to an aromatic ring is 1. The number of aliphatic imine (C=N–C) groups is 1. The van der Waals surface area contributed by atoms with Crippen LogP contribution in [0.2, 0.25) is 0 Å². The van der Waals surface area contributed by atoms with E-state index in [1.54, 1.807) is 39.2 Å². The molecule has 0 saturated heterocycles. The first kappa shape index (κ1) is 22.6. The minimum Gasteiger partial charge on any atom is -0.507 e. The number of nitrogens with one attached hydrogen (secondary N) is 2. The Balaban J connectivity index is 2.50. The number of carbonyl (C=O) groups is 1. The van der Waals surface area contributed by atoms with Gasteiger partial charge in [0.25, 0.3) is 5.56 Å². The fraction of sp³-hybridized carbons (Fsp3) is 0.273. The normalized spacial score (nSPS) is 12.7. The largest absolute Gasteiger partial charge is 0.507 e. The molecular weight excluding hydrogens is 382 g/mol. The first-order valence-electron chi connectivity index (χ1n) is 9.57. The maximum Gasteiger partial charge on any atom is 0.260 e. The molecule has 1 aromatic heterocycles. The zero-order valence-electron chi connectivity index (χ0n) is 17.6. The first-order valence-corrected chi connectivity index (χ1v) is 9.57. The summed E-state index contributed by atoms with van der Waals surface area (Å²) in [5.74, 6) is -0.0625. The van der Waals surface area contributed by atoms with E-state index in [4.69, 9.17) is 11.1 Å². The van der Waals surface area contributed by atoms with Gasteiger partial charge >= 0.3 is 0 Å². The van der Waals surface area contributed by atoms with Crippen molar-refractivity contribution >= 4 is 29.7 Å². The van der Waals surface area contributed by atoms with Crippen molar-refractivity contribution in [3.8, 4) is 16.9 Å². The van der Waals surface area contributed by atoms with Crippen LogP contribution in [0.1, 0.15) is 31.9 Å². The molecule has 2 aromatic rings. The van der Waals surface area contributed by atoms with Gasteiger partial charge in [-0.15, -0.1) is 0 Å². The summed E-state index contributed by atoms with van der Waals surface area (Å²) in [6.07, 6.45) is 4.47. The van der Waals surface area contributed by atoms with E-state index in [-0.39, 0.29) is 28.6 Å². The van der Waals surface area contributed by atoms with Crippen LogP contribution in [0.3, 0.4) is 0 Å². The average molecular weight is 409 g/mol. The van der Waals surface area contributed by atoms with E-state index in [1.807, 2.05) is 13.0 Å². The van der Waals surface area contributed by atoms with Crippen molar-refractivity contribution in [3.63, 3.8) is 0 Å². The number of hydrogen-bond acceptors (Lipinski definition) is 6. The minimum absolute atomic E-state index is 0.0833. The molecule has 0 aliphatic carbocycles. The summed E-state index contributed by atoms with van der Waals surface area (Å²) in [5.41, 5.74) is 8.04. The molecule has 1 aromatic carbocycles. The minimum atomic E-state index is -0.542. The monoisotopic (exact) mass is 409 g/mol. The van der Waals surface area contributed by atoms with Crippen LogP contribution >= 0.6 is 0 Å². The third-order valence-corrected chi connectivity index (χ3v) is 4.83. The molecule has 0 aliphatic heterocycles. The Labute approximate surface area is 175 Å². The number of likely N-dealkylation sites (N-methyl/N-ethyl adjacent to an activating group) is 1. The topological polar surface area (TPSA) is 134 Å². The van der Waals surface area contributed by atoms with Crippen LogP contribution in [0, 0.1) is 5.41 Å². The van der Waals surface area contributed by atoms with Gasteiger partial charge in [-0.1, -0.05) is 12.1 Å². The summed E-state index contributed by atoms with van der Waals surface area (Å²) >= 11 is 0. The SMILES string of the molecule is C/C=C(\C=NC(C)C(=O)NC)c1ccc(-c2cc(C=N)c(N)n(CC)c2=O)c(O)c1. The molecule has 0 radical (unpaired) electrons. The number of nitrogens with two attached hydrogens (primary N) is 1. The third-order valence-electron chi connectivity index (χ3n) is 4.83. The van der Waals surface area contributed by atoms with Crippen LogP contribution in [0.4, 0.5) is 5.82 Å². The maximum absolute atomic E-state index is 12.8. The van der Waals surface area contributed by atoms with Crippen LogP contribution in [0.25, 0.3) is 16.7 Å². The van der Waals surface area contributed by atoms with E-state index in [2.05, 4.69) is 10.3 Å². The molecule has 1 heterocycles. The molecular formula is C22H27N5O3. The number of nitrogens with zero attached hydrogens (tertiary/aromatic N) is 2. The number of hydrogen-bond donors (Lipinski definition) is 4. The van der Waals surface area contributed by atoms with Crippen molar-refractivity contribution in [1.82, 2.24) is 9.88 Å². The molecule has 0 bridgehead atoms. The standard InChI is InChI=1S/C22H27N5O3/c1-5-14(12-26-13(3)21(29)25-4)15-7-8-17(19(28)10-15)18-9-16(11-23)20(24)27(6-2)22(18)30/h5,7-13,23,28H,6,24H2,1-4H3,(H,25,29)/b14-5+,23-11?,26-12?. The van der Waals surface area contributed by atoms with E-state index in [9.17, 15) is 14.7 Å². The highest BCUT2D eigenvalue weighted by molar-refractivity contribution is 6.10. The lowest BCUT2D eigenvalue weighted by molar-refractivity contribution is -0.121. The second-order valence-corrected chi connectivity index (χ2v) is 6.64. The Morgan fingerprint density at radius 3 is 2.60 bits per heavy atom. The molecule has 1 atom stereocenters. The molecule has 8 heteroatoms. The first-order chi connectivity index (χ1) is 14.3. The Morgan fingerprint density at radius 2 is 2.07 bits per heavy atom. The lowest BCUT2D eigenvalue weighted by atomic mass is 9.99. The van der Waals surface area contributed by atoms with Gasteiger partial charge in [-0.2, -0.15) is 0 Å². The smallest absolute Gasteiger partial charge is 0.260 e. The second kappa shape index (κ2) is 9.69. The number of aromatic nitrogens is 1. The highest BCUT2D eigenvalue weighted by Crippen LogP contribution is 2.31. The molecule has 1 unspecified atom stereocenters. The lowest BCUT2D eigenvalue weighted by Gasteiger charge is -2.14. The Hall–Kier alpha value is -3.68. The van der Waals surface area contributed by atoms with Gasteiger partial charge in [-0.3, -0.25) is 19.1 Å². The van der Waals surface area contributed by atoms with Crippen molar-refractivity contribution < 1.29 is 9.90 Å². The Bertz CT molecular complexity index is 1080. The van der Waals surface area contributed by atoms with Crippen molar-refractivity contribution in [2.45, 2.75) is 33.4 Å². The number of phenols is 1. The van der Waals surface area contributed by atoms with Gasteiger partial charge in [0.15, 0.2) is 0 Å². The molecule has 8 nitrogen and oxygen atoms in total. The second-order valence-electron chi connectivity index (χ2n) is 6.64. The van der Waals surface area contributed by atoms with Crippen molar-refractivity contribution in [2.75, 3.05) is 12.8 Å². The summed E-state index contributed by atoms with van der Waals surface area (Å²) in [6.45, 7) is 5.65. The van der Waals surface area contributed by atoms with Crippen LogP contribution in [0.5, 0.6) is 5.75 Å². The number of aromatic hydroxyl groups is 1. The van der Waals surface area contributed by atoms with E-state index < -0.39 is 6.04 Å². The van der Waals surface area contributed by atoms with Crippen LogP contribution in [0.15, 0.2) is 40.1 Å².